The van der Waals surface area contributed by atoms with E-state index in [0.717, 1.165) is 0 Å². The minimum atomic E-state index is -0.136. The van der Waals surface area contributed by atoms with Gasteiger partial charge < -0.3 is 9.47 Å². The van der Waals surface area contributed by atoms with Crippen LogP contribution in [-0.2, 0) is 21.7 Å². The fourth-order valence-electron chi connectivity index (χ4n) is 10.2. The van der Waals surface area contributed by atoms with Gasteiger partial charge in [0.05, 0.1) is 22.4 Å². The minimum Gasteiger partial charge on any atom is -0.310 e. The minimum absolute atomic E-state index is 0.0577. The molecule has 0 aliphatic rings. The van der Waals surface area contributed by atoms with Gasteiger partial charge in [0.25, 0.3) is 0 Å². The lowest BCUT2D eigenvalue weighted by Crippen LogP contribution is -2.22. The molecule has 0 saturated carbocycles. The first-order chi connectivity index (χ1) is 30.3. The molecule has 0 N–H and O–H groups in total. The average Bonchev–Trinajstić information content (AvgIpc) is 3.59. The van der Waals surface area contributed by atoms with Crippen molar-refractivity contribution in [1.29, 1.82) is 0 Å². The Morgan fingerprint density at radius 2 is 0.828 bits per heavy atom. The van der Waals surface area contributed by atoms with Gasteiger partial charge in [-0.25, -0.2) is 0 Å². The molecule has 0 amide bonds. The number of para-hydroxylation sites is 2. The number of anilines is 3. The van der Waals surface area contributed by atoms with E-state index < -0.39 is 0 Å². The van der Waals surface area contributed by atoms with E-state index in [0.29, 0.717) is 0 Å². The van der Waals surface area contributed by atoms with Crippen molar-refractivity contribution in [2.75, 3.05) is 4.90 Å². The van der Waals surface area contributed by atoms with Crippen LogP contribution in [0.5, 0.6) is 0 Å². The van der Waals surface area contributed by atoms with Crippen molar-refractivity contribution >= 4 is 71.2 Å². The Morgan fingerprint density at radius 3 is 1.36 bits per heavy atom. The normalized spacial score (nSPS) is 13.0. The van der Waals surface area contributed by atoms with Crippen LogP contribution >= 0.6 is 0 Å². The lowest BCUT2D eigenvalue weighted by Gasteiger charge is -2.36. The highest BCUT2D eigenvalue weighted by Crippen LogP contribution is 2.50. The number of hydrogen-bond acceptors (Lipinski definition) is 1. The van der Waals surface area contributed by atoms with Gasteiger partial charge in [-0.05, 0) is 125 Å². The fourth-order valence-corrected chi connectivity index (χ4v) is 10.2. The van der Waals surface area contributed by atoms with E-state index >= 15 is 0 Å². The Kier molecular flexibility index (Phi) is 9.48. The van der Waals surface area contributed by atoms with Crippen LogP contribution < -0.4 is 4.90 Å². The second-order valence-corrected chi connectivity index (χ2v) is 22.3. The van der Waals surface area contributed by atoms with Crippen molar-refractivity contribution in [3.8, 4) is 16.8 Å². The van der Waals surface area contributed by atoms with Gasteiger partial charge in [-0.3, -0.25) is 0 Å². The molecule has 0 atom stereocenters. The third kappa shape index (κ3) is 6.85. The van der Waals surface area contributed by atoms with Crippen LogP contribution in [0.4, 0.5) is 17.1 Å². The second-order valence-electron chi connectivity index (χ2n) is 22.3. The molecule has 2 nitrogen and oxygen atoms in total. The van der Waals surface area contributed by atoms with Gasteiger partial charge >= 0.3 is 0 Å². The van der Waals surface area contributed by atoms with Gasteiger partial charge in [-0.1, -0.05) is 192 Å². The molecule has 0 saturated heterocycles. The first-order valence-electron chi connectivity index (χ1n) is 23.2. The van der Waals surface area contributed by atoms with Crippen LogP contribution in [0.15, 0.2) is 158 Å². The molecule has 0 fully saturated rings. The van der Waals surface area contributed by atoms with E-state index in [-0.39, 0.29) is 21.7 Å². The van der Waals surface area contributed by atoms with E-state index in [1.165, 1.54) is 110 Å². The Bertz CT molecular complexity index is 3290. The summed E-state index contributed by atoms with van der Waals surface area (Å²) in [6.07, 6.45) is 0. The topological polar surface area (TPSA) is 8.17 Å². The zero-order valence-electron chi connectivity index (χ0n) is 39.9. The highest BCUT2D eigenvalue weighted by molar-refractivity contribution is 6.27. The van der Waals surface area contributed by atoms with Crippen molar-refractivity contribution < 1.29 is 0 Å². The monoisotopic (exact) mass is 834 g/mol. The number of benzene rings is 9. The molecule has 320 valence electrons. The van der Waals surface area contributed by atoms with Gasteiger partial charge in [-0.2, -0.15) is 0 Å². The summed E-state index contributed by atoms with van der Waals surface area (Å²) in [4.78, 5) is 2.60. The summed E-state index contributed by atoms with van der Waals surface area (Å²) in [5.74, 6) is 0. The number of nitrogens with zero attached hydrogens (tertiary/aromatic N) is 2. The van der Waals surface area contributed by atoms with Gasteiger partial charge in [0.1, 0.15) is 0 Å². The second kappa shape index (κ2) is 14.6. The lowest BCUT2D eigenvalue weighted by molar-refractivity contribution is 0.568. The smallest absolute Gasteiger partial charge is 0.0541 e. The van der Waals surface area contributed by atoms with Crippen molar-refractivity contribution in [2.24, 2.45) is 0 Å². The molecule has 0 bridgehead atoms. The molecule has 0 aliphatic carbocycles. The lowest BCUT2D eigenvalue weighted by atomic mass is 9.74. The predicted molar refractivity (Wildman–Crippen MR) is 279 cm³/mol. The Morgan fingerprint density at radius 1 is 0.375 bits per heavy atom. The summed E-state index contributed by atoms with van der Waals surface area (Å²) < 4.78 is 2.48. The van der Waals surface area contributed by atoms with Crippen molar-refractivity contribution in [3.63, 3.8) is 0 Å². The van der Waals surface area contributed by atoms with Crippen LogP contribution in [0.2, 0.25) is 0 Å². The van der Waals surface area contributed by atoms with Gasteiger partial charge in [-0.15, -0.1) is 0 Å². The highest BCUT2D eigenvalue weighted by atomic mass is 15.1. The van der Waals surface area contributed by atoms with Crippen LogP contribution in [0, 0.1) is 0 Å². The maximum Gasteiger partial charge on any atom is 0.0541 e. The molecule has 0 unspecified atom stereocenters. The van der Waals surface area contributed by atoms with E-state index in [1.54, 1.807) is 0 Å². The number of fused-ring (bicyclic) bond motifs is 3. The first-order valence-corrected chi connectivity index (χ1v) is 23.2. The number of rotatable bonds is 5. The van der Waals surface area contributed by atoms with E-state index in [4.69, 9.17) is 0 Å². The number of hydrogen-bond donors (Lipinski definition) is 0. The molecule has 0 radical (unpaired) electrons. The van der Waals surface area contributed by atoms with Crippen molar-refractivity contribution in [2.45, 2.75) is 105 Å². The van der Waals surface area contributed by atoms with Crippen LogP contribution in [0.3, 0.4) is 0 Å². The fraction of sp³-hybridized carbons (Fsp3) is 0.258. The summed E-state index contributed by atoms with van der Waals surface area (Å²) in [5, 5.41) is 10.2. The Labute approximate surface area is 380 Å². The summed E-state index contributed by atoms with van der Waals surface area (Å²) in [6.45, 7) is 28.3. The molecule has 0 spiro atoms. The predicted octanol–water partition coefficient (Wildman–Crippen LogP) is 18.0. The largest absolute Gasteiger partial charge is 0.310 e. The van der Waals surface area contributed by atoms with Crippen molar-refractivity contribution in [1.82, 2.24) is 4.57 Å². The summed E-state index contributed by atoms with van der Waals surface area (Å²) in [7, 11) is 0. The quantitative estimate of drug-likeness (QED) is 0.157. The summed E-state index contributed by atoms with van der Waals surface area (Å²) in [5.41, 5.74) is 14.8. The third-order valence-electron chi connectivity index (χ3n) is 13.6. The van der Waals surface area contributed by atoms with E-state index in [9.17, 15) is 0 Å². The van der Waals surface area contributed by atoms with Gasteiger partial charge in [0.2, 0.25) is 0 Å². The zero-order chi connectivity index (χ0) is 45.1. The molecule has 1 heterocycles. The van der Waals surface area contributed by atoms with E-state index in [1.807, 2.05) is 0 Å². The first kappa shape index (κ1) is 41.6. The zero-order valence-corrected chi connectivity index (χ0v) is 39.9. The van der Waals surface area contributed by atoms with E-state index in [2.05, 4.69) is 250 Å². The van der Waals surface area contributed by atoms with Crippen LogP contribution in [0.25, 0.3) is 70.9 Å². The average molecular weight is 835 g/mol. The molecule has 9 aromatic carbocycles. The summed E-state index contributed by atoms with van der Waals surface area (Å²) >= 11 is 0. The molecule has 10 aromatic rings. The maximum atomic E-state index is 2.60. The molecule has 2 heteroatoms. The molecule has 1 aromatic heterocycles. The molecule has 10 rings (SSSR count). The molecular formula is C62H62N2. The summed E-state index contributed by atoms with van der Waals surface area (Å²) in [6, 6.07) is 60.0. The third-order valence-corrected chi connectivity index (χ3v) is 13.6. The van der Waals surface area contributed by atoms with Crippen molar-refractivity contribution in [3.05, 3.63) is 180 Å². The van der Waals surface area contributed by atoms with Crippen LogP contribution in [-0.4, -0.2) is 4.57 Å². The van der Waals surface area contributed by atoms with Crippen LogP contribution in [0.1, 0.15) is 105 Å². The molecule has 64 heavy (non-hydrogen) atoms. The Hall–Kier alpha value is -6.38. The Balaban J connectivity index is 1.32. The highest BCUT2D eigenvalue weighted by Gasteiger charge is 2.31. The molecule has 0 aliphatic heterocycles. The maximum absolute atomic E-state index is 2.60. The van der Waals surface area contributed by atoms with Gasteiger partial charge in [0, 0.05) is 32.9 Å². The SMILES string of the molecule is CC(C)(C)c1cc(N(c2cc(C(C)(C)C)c(-c3ccccc3)c(C(C)(C)C)c2)c2ccc3ccc4c(-n5c6ccccc6c6ccccc65)ccc5ccc2c3c54)cc(C(C)(C)C)c1. The molecular weight excluding hydrogens is 773 g/mol. The number of aromatic nitrogens is 1. The standard InChI is InChI=1S/C62H62N2/c1-59(2,3)42-34-43(60(4,5)6)36-44(35-42)63(45-37-50(61(7,8)9)58(39-20-14-13-15-21-39)51(38-45)62(10,11)12)54-32-28-40-27-31-49-55(33-29-41-26-30-48(54)56(40)57(41)49)64-52-24-18-16-22-46(52)47-23-17-19-25-53(47)64/h13-38H,1-12H3. The van der Waals surface area contributed by atoms with Gasteiger partial charge in [0.15, 0.2) is 0 Å².